The van der Waals surface area contributed by atoms with Gasteiger partial charge in [0.2, 0.25) is 11.8 Å². The quantitative estimate of drug-likeness (QED) is 0.697. The van der Waals surface area contributed by atoms with E-state index in [0.29, 0.717) is 12.8 Å². The third kappa shape index (κ3) is 5.86. The molecule has 0 bridgehead atoms. The number of benzene rings is 1. The fourth-order valence-electron chi connectivity index (χ4n) is 4.09. The van der Waals surface area contributed by atoms with Crippen LogP contribution in [0.3, 0.4) is 0 Å². The van der Waals surface area contributed by atoms with Crippen molar-refractivity contribution < 1.29 is 22.3 Å². The minimum absolute atomic E-state index is 0.0717. The monoisotopic (exact) mass is 464 g/mol. The van der Waals surface area contributed by atoms with Crippen molar-refractivity contribution in [1.29, 1.82) is 0 Å². The van der Waals surface area contributed by atoms with Gasteiger partial charge in [-0.25, -0.2) is 13.4 Å². The Kier molecular flexibility index (Phi) is 6.80. The number of hydrogen-bond acceptors (Lipinski definition) is 8. The second-order valence-corrected chi connectivity index (χ2v) is 10.9. The molecule has 0 aliphatic carbocycles. The molecule has 0 saturated carbocycles. The zero-order valence-electron chi connectivity index (χ0n) is 18.3. The lowest BCUT2D eigenvalue weighted by Gasteiger charge is -2.36. The molecule has 4 rings (SSSR count). The highest BCUT2D eigenvalue weighted by molar-refractivity contribution is 7.91. The molecule has 2 saturated heterocycles. The van der Waals surface area contributed by atoms with Crippen LogP contribution in [0.4, 0.5) is 21.7 Å². The minimum atomic E-state index is -2.94. The van der Waals surface area contributed by atoms with E-state index in [9.17, 15) is 12.8 Å². The SMILES string of the molecule is C[C@@H]1CN(c2ccc(Nc3ncc(F)c(OCC4CCS(=O)(=O)CC4)n3)cc2)C[C@H](C)O1. The van der Waals surface area contributed by atoms with Crippen LogP contribution in [0.1, 0.15) is 26.7 Å². The highest BCUT2D eigenvalue weighted by Gasteiger charge is 2.25. The maximum absolute atomic E-state index is 14.1. The van der Waals surface area contributed by atoms with E-state index >= 15 is 0 Å². The summed E-state index contributed by atoms with van der Waals surface area (Å²) in [5.41, 5.74) is 1.88. The van der Waals surface area contributed by atoms with Crippen LogP contribution in [0, 0.1) is 11.7 Å². The first kappa shape index (κ1) is 22.7. The van der Waals surface area contributed by atoms with Gasteiger partial charge in [0, 0.05) is 24.5 Å². The molecule has 32 heavy (non-hydrogen) atoms. The molecular formula is C22H29FN4O4S. The van der Waals surface area contributed by atoms with Gasteiger partial charge in [0.25, 0.3) is 5.88 Å². The molecule has 2 fully saturated rings. The first-order valence-corrected chi connectivity index (χ1v) is 12.7. The summed E-state index contributed by atoms with van der Waals surface area (Å²) >= 11 is 0. The van der Waals surface area contributed by atoms with E-state index in [1.54, 1.807) is 0 Å². The smallest absolute Gasteiger partial charge is 0.255 e. The molecule has 0 spiro atoms. The average molecular weight is 465 g/mol. The van der Waals surface area contributed by atoms with Crippen LogP contribution in [0.5, 0.6) is 5.88 Å². The maximum atomic E-state index is 14.1. The van der Waals surface area contributed by atoms with Crippen molar-refractivity contribution in [1.82, 2.24) is 9.97 Å². The molecule has 2 aromatic rings. The second kappa shape index (κ2) is 9.58. The Morgan fingerprint density at radius 3 is 2.47 bits per heavy atom. The van der Waals surface area contributed by atoms with E-state index in [4.69, 9.17) is 9.47 Å². The van der Waals surface area contributed by atoms with E-state index in [2.05, 4.69) is 34.0 Å². The Morgan fingerprint density at radius 2 is 1.81 bits per heavy atom. The van der Waals surface area contributed by atoms with E-state index in [0.717, 1.165) is 30.7 Å². The molecule has 1 aromatic carbocycles. The van der Waals surface area contributed by atoms with Crippen LogP contribution in [0.15, 0.2) is 30.5 Å². The molecule has 174 valence electrons. The number of nitrogens with one attached hydrogen (secondary N) is 1. The molecule has 2 aliphatic heterocycles. The Morgan fingerprint density at radius 1 is 1.16 bits per heavy atom. The topological polar surface area (TPSA) is 93.7 Å². The summed E-state index contributed by atoms with van der Waals surface area (Å²) in [5.74, 6) is -0.179. The van der Waals surface area contributed by atoms with Crippen LogP contribution in [0.2, 0.25) is 0 Å². The van der Waals surface area contributed by atoms with Gasteiger partial charge in [0.15, 0.2) is 0 Å². The van der Waals surface area contributed by atoms with E-state index in [1.807, 2.05) is 24.3 Å². The van der Waals surface area contributed by atoms with Crippen LogP contribution >= 0.6 is 0 Å². The van der Waals surface area contributed by atoms with Gasteiger partial charge in [-0.3, -0.25) is 0 Å². The Balaban J connectivity index is 1.36. The summed E-state index contributed by atoms with van der Waals surface area (Å²) in [5, 5.41) is 3.08. The van der Waals surface area contributed by atoms with Gasteiger partial charge in [-0.2, -0.15) is 9.37 Å². The zero-order valence-corrected chi connectivity index (χ0v) is 19.1. The number of sulfone groups is 1. The fourth-order valence-corrected chi connectivity index (χ4v) is 5.68. The number of nitrogens with zero attached hydrogens (tertiary/aromatic N) is 3. The minimum Gasteiger partial charge on any atom is -0.475 e. The highest BCUT2D eigenvalue weighted by atomic mass is 32.2. The average Bonchev–Trinajstić information content (AvgIpc) is 2.75. The predicted molar refractivity (Wildman–Crippen MR) is 121 cm³/mol. The lowest BCUT2D eigenvalue weighted by atomic mass is 10.0. The van der Waals surface area contributed by atoms with E-state index in [1.165, 1.54) is 0 Å². The van der Waals surface area contributed by atoms with Gasteiger partial charge >= 0.3 is 0 Å². The van der Waals surface area contributed by atoms with Crippen LogP contribution in [0.25, 0.3) is 0 Å². The third-order valence-electron chi connectivity index (χ3n) is 5.75. The first-order valence-electron chi connectivity index (χ1n) is 10.9. The third-order valence-corrected chi connectivity index (χ3v) is 7.47. The lowest BCUT2D eigenvalue weighted by molar-refractivity contribution is -0.00521. The van der Waals surface area contributed by atoms with Gasteiger partial charge in [0.05, 0.1) is 36.5 Å². The van der Waals surface area contributed by atoms with E-state index < -0.39 is 15.7 Å². The second-order valence-electron chi connectivity index (χ2n) is 8.59. The summed E-state index contributed by atoms with van der Waals surface area (Å²) in [6.07, 6.45) is 2.47. The summed E-state index contributed by atoms with van der Waals surface area (Å²) in [6.45, 7) is 6.05. The Labute approximate surface area is 188 Å². The van der Waals surface area contributed by atoms with Crippen molar-refractivity contribution in [3.8, 4) is 5.88 Å². The molecule has 3 heterocycles. The molecule has 0 amide bonds. The fraction of sp³-hybridized carbons (Fsp3) is 0.545. The number of ether oxygens (including phenoxy) is 2. The maximum Gasteiger partial charge on any atom is 0.255 e. The molecule has 8 nitrogen and oxygen atoms in total. The molecule has 2 aliphatic rings. The van der Waals surface area contributed by atoms with Gasteiger partial charge in [-0.15, -0.1) is 0 Å². The van der Waals surface area contributed by atoms with Crippen molar-refractivity contribution in [2.75, 3.05) is 41.4 Å². The van der Waals surface area contributed by atoms with Crippen molar-refractivity contribution in [2.45, 2.75) is 38.9 Å². The van der Waals surface area contributed by atoms with Crippen molar-refractivity contribution in [2.24, 2.45) is 5.92 Å². The van der Waals surface area contributed by atoms with Crippen LogP contribution in [-0.2, 0) is 14.6 Å². The van der Waals surface area contributed by atoms with Crippen molar-refractivity contribution in [3.05, 3.63) is 36.3 Å². The van der Waals surface area contributed by atoms with E-state index in [-0.39, 0.29) is 48.1 Å². The number of morpholine rings is 1. The molecule has 10 heteroatoms. The first-order chi connectivity index (χ1) is 15.3. The number of hydrogen-bond donors (Lipinski definition) is 1. The molecular weight excluding hydrogens is 435 g/mol. The standard InChI is InChI=1S/C22H29FN4O4S/c1-15-12-27(13-16(2)31-15)19-5-3-18(4-6-19)25-22-24-11-20(23)21(26-22)30-14-17-7-9-32(28,29)10-8-17/h3-6,11,15-17H,7-10,12-14H2,1-2H3,(H,24,25,26)/t15-,16+. The van der Waals surface area contributed by atoms with Gasteiger partial charge in [0.1, 0.15) is 9.84 Å². The Hall–Kier alpha value is -2.46. The molecule has 0 radical (unpaired) electrons. The largest absolute Gasteiger partial charge is 0.475 e. The zero-order chi connectivity index (χ0) is 22.7. The van der Waals surface area contributed by atoms with Crippen molar-refractivity contribution in [3.63, 3.8) is 0 Å². The van der Waals surface area contributed by atoms with Gasteiger partial charge < -0.3 is 19.7 Å². The number of rotatable bonds is 6. The normalized spacial score (nSPS) is 23.7. The van der Waals surface area contributed by atoms with Gasteiger partial charge in [-0.1, -0.05) is 0 Å². The Bertz CT molecular complexity index is 1010. The highest BCUT2D eigenvalue weighted by Crippen LogP contribution is 2.25. The summed E-state index contributed by atoms with van der Waals surface area (Å²) in [6, 6.07) is 7.89. The number of aromatic nitrogens is 2. The predicted octanol–water partition coefficient (Wildman–Crippen LogP) is 3.18. The van der Waals surface area contributed by atoms with Gasteiger partial charge in [-0.05, 0) is 56.9 Å². The number of anilines is 3. The molecule has 1 aromatic heterocycles. The lowest BCUT2D eigenvalue weighted by Crippen LogP contribution is -2.45. The summed E-state index contributed by atoms with van der Waals surface area (Å²) in [4.78, 5) is 10.4. The van der Waals surface area contributed by atoms with Crippen LogP contribution < -0.4 is 15.0 Å². The number of halogens is 1. The summed E-state index contributed by atoms with van der Waals surface area (Å²) in [7, 11) is -2.94. The molecule has 2 atom stereocenters. The summed E-state index contributed by atoms with van der Waals surface area (Å²) < 4.78 is 48.6. The van der Waals surface area contributed by atoms with Crippen LogP contribution in [-0.4, -0.2) is 61.8 Å². The molecule has 0 unspecified atom stereocenters. The van der Waals surface area contributed by atoms with Crippen molar-refractivity contribution >= 4 is 27.2 Å². The molecule has 1 N–H and O–H groups in total.